The first-order valence-corrected chi connectivity index (χ1v) is 16.3. The highest BCUT2D eigenvalue weighted by Gasteiger charge is 2.69. The van der Waals surface area contributed by atoms with Gasteiger partial charge in [-0.05, 0) is 64.9 Å². The number of benzene rings is 1. The largest absolute Gasteiger partial charge is 0.511 e. The number of nitrogens with one attached hydrogen (secondary N) is 1. The van der Waals surface area contributed by atoms with Crippen molar-refractivity contribution in [2.24, 2.45) is 23.5 Å². The van der Waals surface area contributed by atoms with Gasteiger partial charge in [0.1, 0.15) is 17.3 Å². The molecule has 2 heterocycles. The number of methoxy groups -OCH3 is 1. The van der Waals surface area contributed by atoms with E-state index in [1.807, 2.05) is 19.0 Å². The number of aromatic hydroxyl groups is 1. The Kier molecular flexibility index (Phi) is 11.3. The number of carbonyl (C=O) groups excluding carboxylic acids is 2. The summed E-state index contributed by atoms with van der Waals surface area (Å²) in [4.78, 5) is 27.7. The van der Waals surface area contributed by atoms with Gasteiger partial charge in [-0.3, -0.25) is 14.5 Å². The van der Waals surface area contributed by atoms with Gasteiger partial charge in [-0.2, -0.15) is 13.2 Å². The molecule has 48 heavy (non-hydrogen) atoms. The maximum absolute atomic E-state index is 13.8. The quantitative estimate of drug-likeness (QED) is 0.244. The molecule has 5 N–H and O–H groups in total. The molecule has 9 nitrogen and oxygen atoms in total. The first-order valence-electron chi connectivity index (χ1n) is 16.3. The molecule has 4 aliphatic carbocycles. The van der Waals surface area contributed by atoms with Crippen LogP contribution >= 0.6 is 0 Å². The minimum absolute atomic E-state index is 0.00736. The van der Waals surface area contributed by atoms with E-state index in [1.54, 1.807) is 0 Å². The van der Waals surface area contributed by atoms with E-state index in [4.69, 9.17) is 15.2 Å². The molecule has 1 unspecified atom stereocenters. The van der Waals surface area contributed by atoms with Gasteiger partial charge in [0.15, 0.2) is 17.1 Å². The zero-order valence-electron chi connectivity index (χ0n) is 27.8. The average molecular weight is 674 g/mol. The van der Waals surface area contributed by atoms with Crippen molar-refractivity contribution in [3.05, 3.63) is 57.6 Å². The molecule has 1 amide bonds. The lowest BCUT2D eigenvalue weighted by Gasteiger charge is -2.38. The minimum Gasteiger partial charge on any atom is -0.511 e. The Bertz CT molecular complexity index is 1510. The lowest BCUT2D eigenvalue weighted by molar-refractivity contribution is -0.185. The molecule has 2 saturated heterocycles. The first kappa shape index (κ1) is 36.9. The number of terminal acetylenes is 1. The normalized spacial score (nSPS) is 25.8. The average Bonchev–Trinajstić information content (AvgIpc) is 3.74. The lowest BCUT2D eigenvalue weighted by Crippen LogP contribution is -2.41. The number of rotatable bonds is 4. The Morgan fingerprint density at radius 1 is 1.17 bits per heavy atom. The van der Waals surface area contributed by atoms with Crippen LogP contribution in [0.25, 0.3) is 0 Å². The van der Waals surface area contributed by atoms with E-state index in [0.717, 1.165) is 0 Å². The van der Waals surface area contributed by atoms with Crippen LogP contribution in [0.4, 0.5) is 13.2 Å². The molecule has 6 aliphatic rings. The standard InChI is InChI=1S/C28H29F3N2O6.C4H8.C2H7N.C2H2/c1-12-20(26(32)37)19(35)10-16-7-13-8-17-22(23(36)21(13)25-27(12,16)39-25)18(34)9-14(24(17)38-2)11-33-5-3-15(4-6-33)28(29,30)31;1-2-4-3-1;1-3-2;1-2/h9,13,15-16,34-35H,1,3-8,10-11H2,2H3,(H2,32,37);1-4H2;3H,1-2H3;1-2H/t13?,16-,27-;;;/m0.../s1. The summed E-state index contributed by atoms with van der Waals surface area (Å²) in [7, 11) is 5.22. The third-order valence-electron chi connectivity index (χ3n) is 10.1. The van der Waals surface area contributed by atoms with Gasteiger partial charge >= 0.3 is 6.18 Å². The summed E-state index contributed by atoms with van der Waals surface area (Å²) in [5, 5.41) is 24.3. The van der Waals surface area contributed by atoms with Crippen molar-refractivity contribution >= 4 is 11.7 Å². The van der Waals surface area contributed by atoms with Gasteiger partial charge in [-0.15, -0.1) is 12.8 Å². The van der Waals surface area contributed by atoms with Crippen LogP contribution in [0, 0.1) is 30.6 Å². The van der Waals surface area contributed by atoms with Crippen LogP contribution < -0.4 is 15.8 Å². The van der Waals surface area contributed by atoms with Gasteiger partial charge in [0.2, 0.25) is 0 Å². The van der Waals surface area contributed by atoms with E-state index in [0.29, 0.717) is 41.1 Å². The maximum Gasteiger partial charge on any atom is 0.391 e. The summed E-state index contributed by atoms with van der Waals surface area (Å²) in [6, 6.07) is 1.46. The molecule has 12 heteroatoms. The lowest BCUT2D eigenvalue weighted by atomic mass is 9.62. The van der Waals surface area contributed by atoms with Gasteiger partial charge in [0.25, 0.3) is 5.91 Å². The number of fused-ring (bicyclic) bond motifs is 2. The number of nitrogens with two attached hydrogens (primary N) is 1. The molecular weight excluding hydrogens is 627 g/mol. The number of phenolic OH excluding ortho intramolecular Hbond substituents is 1. The van der Waals surface area contributed by atoms with Crippen LogP contribution in [0.1, 0.15) is 72.9 Å². The fourth-order valence-electron chi connectivity index (χ4n) is 7.48. The van der Waals surface area contributed by atoms with Gasteiger partial charge in [-0.25, -0.2) is 0 Å². The van der Waals surface area contributed by atoms with Crippen molar-refractivity contribution in [3.63, 3.8) is 0 Å². The summed E-state index contributed by atoms with van der Waals surface area (Å²) < 4.78 is 51.1. The Morgan fingerprint density at radius 3 is 2.25 bits per heavy atom. The van der Waals surface area contributed by atoms with E-state index < -0.39 is 29.4 Å². The van der Waals surface area contributed by atoms with Crippen molar-refractivity contribution in [1.82, 2.24) is 10.2 Å². The first-order chi connectivity index (χ1) is 22.8. The zero-order chi connectivity index (χ0) is 35.6. The van der Waals surface area contributed by atoms with Crippen molar-refractivity contribution in [2.75, 3.05) is 34.3 Å². The van der Waals surface area contributed by atoms with Crippen LogP contribution in [0.3, 0.4) is 0 Å². The Hall–Kier alpha value is -3.95. The topological polar surface area (TPSA) is 138 Å². The van der Waals surface area contributed by atoms with Gasteiger partial charge in [0, 0.05) is 41.2 Å². The number of aliphatic hydroxyl groups excluding tert-OH is 1. The van der Waals surface area contributed by atoms with E-state index in [1.165, 1.54) is 38.9 Å². The molecular formula is C36H46F3N3O6. The Labute approximate surface area is 280 Å². The molecule has 3 atom stereocenters. The zero-order valence-corrected chi connectivity index (χ0v) is 27.8. The second-order valence-electron chi connectivity index (χ2n) is 13.1. The van der Waals surface area contributed by atoms with E-state index in [9.17, 15) is 33.0 Å². The number of piperidine rings is 1. The van der Waals surface area contributed by atoms with E-state index in [-0.39, 0.29) is 79.0 Å². The number of primary amides is 1. The molecule has 0 aromatic heterocycles. The summed E-state index contributed by atoms with van der Waals surface area (Å²) in [6.45, 7) is 4.78. The highest BCUT2D eigenvalue weighted by molar-refractivity contribution is 6.14. The molecule has 3 fully saturated rings. The number of hydrogen-bond donors (Lipinski definition) is 4. The third kappa shape index (κ3) is 6.67. The number of amides is 1. The number of hydrogen-bond acceptors (Lipinski definition) is 8. The molecule has 7 rings (SSSR count). The second-order valence-corrected chi connectivity index (χ2v) is 13.1. The molecule has 262 valence electrons. The van der Waals surface area contributed by atoms with Crippen LogP contribution in [-0.2, 0) is 22.5 Å². The minimum atomic E-state index is -4.21. The van der Waals surface area contributed by atoms with Crippen LogP contribution in [0.5, 0.6) is 11.5 Å². The molecule has 2 aliphatic heterocycles. The highest BCUT2D eigenvalue weighted by Crippen LogP contribution is 2.66. The van der Waals surface area contributed by atoms with Gasteiger partial charge in [0.05, 0.1) is 24.2 Å². The van der Waals surface area contributed by atoms with Gasteiger partial charge < -0.3 is 30.7 Å². The van der Waals surface area contributed by atoms with E-state index >= 15 is 0 Å². The number of epoxide rings is 1. The number of phenols is 1. The molecule has 1 saturated carbocycles. The predicted octanol–water partition coefficient (Wildman–Crippen LogP) is 5.48. The van der Waals surface area contributed by atoms with Crippen molar-refractivity contribution < 1.29 is 42.4 Å². The van der Waals surface area contributed by atoms with Gasteiger partial charge in [-0.1, -0.05) is 32.3 Å². The number of ether oxygens (including phenoxy) is 2. The Morgan fingerprint density at radius 2 is 1.75 bits per heavy atom. The van der Waals surface area contributed by atoms with Crippen molar-refractivity contribution in [2.45, 2.75) is 76.1 Å². The van der Waals surface area contributed by atoms with Crippen LogP contribution in [-0.4, -0.2) is 72.9 Å². The van der Waals surface area contributed by atoms with Crippen molar-refractivity contribution in [1.29, 1.82) is 0 Å². The summed E-state index contributed by atoms with van der Waals surface area (Å²) >= 11 is 0. The number of aliphatic hydroxyl groups is 1. The number of likely N-dealkylation sites (tertiary alicyclic amines) is 1. The summed E-state index contributed by atoms with van der Waals surface area (Å²) in [5.41, 5.74) is 6.28. The number of Topliss-reactive ketones (excluding diaryl/α,β-unsaturated/α-hetero) is 1. The number of ketones is 1. The highest BCUT2D eigenvalue weighted by atomic mass is 19.4. The molecule has 0 radical (unpaired) electrons. The number of halogens is 3. The van der Waals surface area contributed by atoms with E-state index in [2.05, 4.69) is 24.7 Å². The second kappa shape index (κ2) is 14.7. The number of allylic oxidation sites excluding steroid dienone is 2. The number of alkyl halides is 3. The molecule has 0 bridgehead atoms. The third-order valence-corrected chi connectivity index (χ3v) is 10.1. The fraction of sp³-hybridized carbons (Fsp3) is 0.556. The SMILES string of the molecule is C#C.C1CCC1.C=C1C(C(N)=O)=C(O)C[C@@H]2CC3Cc4c(OC)c(CN5CCC(C(F)(F)F)CC5)cc(O)c4C(=O)C3=C3O[C@]132.CNC. The number of carbonyl (C=O) groups is 2. The molecule has 1 aromatic rings. The van der Waals surface area contributed by atoms with Crippen LogP contribution in [0.15, 0.2) is 40.9 Å². The summed E-state index contributed by atoms with van der Waals surface area (Å²) in [5.74, 6) is -2.57. The molecule has 1 aromatic carbocycles. The summed E-state index contributed by atoms with van der Waals surface area (Å²) in [6.07, 6.45) is 10.8. The maximum atomic E-state index is 13.8. The monoisotopic (exact) mass is 673 g/mol. The van der Waals surface area contributed by atoms with Crippen molar-refractivity contribution in [3.8, 4) is 24.3 Å². The van der Waals surface area contributed by atoms with Crippen LogP contribution in [0.2, 0.25) is 0 Å². The molecule has 1 spiro atoms. The number of nitrogens with zero attached hydrogens (tertiary/aromatic N) is 1. The fourth-order valence-corrected chi connectivity index (χ4v) is 7.48. The smallest absolute Gasteiger partial charge is 0.391 e. The predicted molar refractivity (Wildman–Crippen MR) is 175 cm³/mol. The Balaban J connectivity index is 0.000000515.